The molecular weight excluding hydrogens is 478 g/mol. The van der Waals surface area contributed by atoms with E-state index in [9.17, 15) is 34.5 Å². The molecule has 0 fully saturated rings. The Balaban J connectivity index is 1.89. The van der Waals surface area contributed by atoms with Crippen LogP contribution in [0.3, 0.4) is 0 Å². The second kappa shape index (κ2) is 10.5. The maximum Gasteiger partial charge on any atom is 0.336 e. The third-order valence-corrected chi connectivity index (χ3v) is 6.54. The molecule has 0 unspecified atom stereocenters. The molecule has 0 heterocycles. The zero-order valence-corrected chi connectivity index (χ0v) is 20.0. The van der Waals surface area contributed by atoms with Gasteiger partial charge in [0.1, 0.15) is 5.75 Å². The van der Waals surface area contributed by atoms with E-state index in [0.717, 1.165) is 41.7 Å². The molecule has 1 aliphatic rings. The SMILES string of the molecule is COc1cccc(CN(C(=O)c2cc(C(=O)O)c(C(=O)O)cc2C(=O)O)[C@H]2CCCc3ccccc32)c1. The fourth-order valence-corrected chi connectivity index (χ4v) is 4.81. The molecular formula is C28H25NO8. The summed E-state index contributed by atoms with van der Waals surface area (Å²) in [5.74, 6) is -4.84. The molecule has 1 aliphatic carbocycles. The van der Waals surface area contributed by atoms with Crippen LogP contribution in [0.4, 0.5) is 0 Å². The Bertz CT molecular complexity index is 1400. The van der Waals surface area contributed by atoms with Gasteiger partial charge in [-0.15, -0.1) is 0 Å². The number of carboxylic acid groups (broad SMARTS) is 3. The van der Waals surface area contributed by atoms with Gasteiger partial charge in [-0.25, -0.2) is 14.4 Å². The number of ether oxygens (including phenoxy) is 1. The molecule has 3 aromatic rings. The number of nitrogens with zero attached hydrogens (tertiary/aromatic N) is 1. The van der Waals surface area contributed by atoms with Crippen LogP contribution in [0.25, 0.3) is 0 Å². The van der Waals surface area contributed by atoms with Crippen molar-refractivity contribution in [2.24, 2.45) is 0 Å². The molecule has 1 atom stereocenters. The van der Waals surface area contributed by atoms with Gasteiger partial charge in [0.15, 0.2) is 0 Å². The predicted octanol–water partition coefficient (Wildman–Crippen LogP) is 4.51. The van der Waals surface area contributed by atoms with Gasteiger partial charge in [0.05, 0.1) is 35.4 Å². The minimum absolute atomic E-state index is 0.0944. The highest BCUT2D eigenvalue weighted by atomic mass is 16.5. The standard InChI is InChI=1S/C28H25NO8/c1-37-18-9-4-6-16(12-18)15-29(24-11-5-8-17-7-2-3-10-19(17)24)25(30)20-13-22(27(33)34)23(28(35)36)14-21(20)26(31)32/h2-4,6-7,9-10,12-14,24H,5,8,11,15H2,1H3,(H,31,32)(H,33,34)(H,35,36)/t24-/m0/s1. The van der Waals surface area contributed by atoms with Gasteiger partial charge in [-0.3, -0.25) is 4.79 Å². The summed E-state index contributed by atoms with van der Waals surface area (Å²) >= 11 is 0. The molecule has 0 bridgehead atoms. The smallest absolute Gasteiger partial charge is 0.336 e. The topological polar surface area (TPSA) is 141 Å². The van der Waals surface area contributed by atoms with Gasteiger partial charge in [-0.2, -0.15) is 0 Å². The molecule has 0 saturated heterocycles. The highest BCUT2D eigenvalue weighted by Crippen LogP contribution is 2.37. The number of hydrogen-bond acceptors (Lipinski definition) is 5. The van der Waals surface area contributed by atoms with Crippen molar-refractivity contribution in [1.29, 1.82) is 0 Å². The molecule has 0 spiro atoms. The normalized spacial score (nSPS) is 14.4. The highest BCUT2D eigenvalue weighted by Gasteiger charge is 2.33. The van der Waals surface area contributed by atoms with Crippen molar-refractivity contribution in [3.05, 3.63) is 99.6 Å². The predicted molar refractivity (Wildman–Crippen MR) is 132 cm³/mol. The fraction of sp³-hybridized carbons (Fsp3) is 0.214. The van der Waals surface area contributed by atoms with Crippen LogP contribution < -0.4 is 4.74 Å². The van der Waals surface area contributed by atoms with E-state index in [0.29, 0.717) is 12.2 Å². The Hall–Kier alpha value is -4.66. The van der Waals surface area contributed by atoms with Crippen LogP contribution in [0, 0.1) is 0 Å². The second-order valence-corrected chi connectivity index (χ2v) is 8.75. The van der Waals surface area contributed by atoms with E-state index in [1.165, 1.54) is 12.0 Å². The lowest BCUT2D eigenvalue weighted by Gasteiger charge is -2.36. The third-order valence-electron chi connectivity index (χ3n) is 6.54. The van der Waals surface area contributed by atoms with Gasteiger partial charge in [0.2, 0.25) is 0 Å². The molecule has 0 aliphatic heterocycles. The van der Waals surface area contributed by atoms with E-state index in [-0.39, 0.29) is 12.1 Å². The van der Waals surface area contributed by atoms with Gasteiger partial charge in [0, 0.05) is 6.54 Å². The summed E-state index contributed by atoms with van der Waals surface area (Å²) in [6.07, 6.45) is 2.26. The summed E-state index contributed by atoms with van der Waals surface area (Å²) in [7, 11) is 1.52. The fourth-order valence-electron chi connectivity index (χ4n) is 4.81. The van der Waals surface area contributed by atoms with E-state index in [4.69, 9.17) is 4.74 Å². The number of aryl methyl sites for hydroxylation is 1. The first-order valence-corrected chi connectivity index (χ1v) is 11.6. The molecule has 3 aromatic carbocycles. The number of carboxylic acids is 3. The van der Waals surface area contributed by atoms with Crippen molar-refractivity contribution < 1.29 is 39.2 Å². The molecule has 4 rings (SSSR count). The van der Waals surface area contributed by atoms with Gasteiger partial charge >= 0.3 is 17.9 Å². The second-order valence-electron chi connectivity index (χ2n) is 8.75. The van der Waals surface area contributed by atoms with Crippen molar-refractivity contribution in [2.75, 3.05) is 7.11 Å². The Kier molecular flexibility index (Phi) is 7.24. The lowest BCUT2D eigenvalue weighted by molar-refractivity contribution is 0.0611. The van der Waals surface area contributed by atoms with Crippen molar-refractivity contribution in [3.8, 4) is 5.75 Å². The first kappa shape index (κ1) is 25.4. The van der Waals surface area contributed by atoms with E-state index < -0.39 is 46.5 Å². The molecule has 0 aromatic heterocycles. The average Bonchev–Trinajstić information content (AvgIpc) is 2.90. The molecule has 0 radical (unpaired) electrons. The summed E-state index contributed by atoms with van der Waals surface area (Å²) < 4.78 is 5.31. The highest BCUT2D eigenvalue weighted by molar-refractivity contribution is 6.10. The van der Waals surface area contributed by atoms with Crippen molar-refractivity contribution in [1.82, 2.24) is 4.90 Å². The molecule has 9 heteroatoms. The summed E-state index contributed by atoms with van der Waals surface area (Å²) in [5, 5.41) is 28.9. The van der Waals surface area contributed by atoms with Crippen LogP contribution >= 0.6 is 0 Å². The molecule has 1 amide bonds. The number of methoxy groups -OCH3 is 1. The molecule has 37 heavy (non-hydrogen) atoms. The number of fused-ring (bicyclic) bond motifs is 1. The van der Waals surface area contributed by atoms with E-state index in [1.807, 2.05) is 30.3 Å². The zero-order valence-electron chi connectivity index (χ0n) is 20.0. The summed E-state index contributed by atoms with van der Waals surface area (Å²) in [4.78, 5) is 51.2. The molecule has 0 saturated carbocycles. The average molecular weight is 504 g/mol. The number of rotatable bonds is 8. The minimum atomic E-state index is -1.60. The minimum Gasteiger partial charge on any atom is -0.497 e. The van der Waals surface area contributed by atoms with Crippen molar-refractivity contribution in [3.63, 3.8) is 0 Å². The van der Waals surface area contributed by atoms with Crippen LogP contribution in [0.2, 0.25) is 0 Å². The van der Waals surface area contributed by atoms with Gasteiger partial charge in [0.25, 0.3) is 5.91 Å². The molecule has 190 valence electrons. The molecule has 3 N–H and O–H groups in total. The molecule has 9 nitrogen and oxygen atoms in total. The Morgan fingerprint density at radius 3 is 2.11 bits per heavy atom. The number of carbonyl (C=O) groups is 4. The van der Waals surface area contributed by atoms with Gasteiger partial charge in [-0.1, -0.05) is 36.4 Å². The van der Waals surface area contributed by atoms with Gasteiger partial charge in [-0.05, 0) is 60.2 Å². The first-order chi connectivity index (χ1) is 17.7. The maximum atomic E-state index is 14.1. The monoisotopic (exact) mass is 503 g/mol. The third kappa shape index (κ3) is 5.16. The number of amides is 1. The Morgan fingerprint density at radius 2 is 1.46 bits per heavy atom. The summed E-state index contributed by atoms with van der Waals surface area (Å²) in [5.41, 5.74) is 0.409. The Morgan fingerprint density at radius 1 is 0.838 bits per heavy atom. The first-order valence-electron chi connectivity index (χ1n) is 11.6. The van der Waals surface area contributed by atoms with E-state index in [1.54, 1.807) is 18.2 Å². The van der Waals surface area contributed by atoms with Crippen molar-refractivity contribution >= 4 is 23.8 Å². The maximum absolute atomic E-state index is 14.1. The van der Waals surface area contributed by atoms with Gasteiger partial charge < -0.3 is 25.0 Å². The lowest BCUT2D eigenvalue weighted by atomic mass is 9.86. The zero-order chi connectivity index (χ0) is 26.7. The quantitative estimate of drug-likeness (QED) is 0.408. The van der Waals surface area contributed by atoms with Crippen LogP contribution in [0.1, 0.15) is 77.0 Å². The van der Waals surface area contributed by atoms with Crippen LogP contribution in [0.15, 0.2) is 60.7 Å². The van der Waals surface area contributed by atoms with E-state index in [2.05, 4.69) is 0 Å². The Labute approximate surface area is 212 Å². The van der Waals surface area contributed by atoms with E-state index >= 15 is 0 Å². The number of benzene rings is 3. The van der Waals surface area contributed by atoms with Crippen LogP contribution in [-0.4, -0.2) is 51.1 Å². The summed E-state index contributed by atoms with van der Waals surface area (Å²) in [6, 6.07) is 16.0. The van der Waals surface area contributed by atoms with Crippen molar-refractivity contribution in [2.45, 2.75) is 31.8 Å². The number of hydrogen-bond donors (Lipinski definition) is 3. The number of carbonyl (C=O) groups excluding carboxylic acids is 1. The summed E-state index contributed by atoms with van der Waals surface area (Å²) in [6.45, 7) is 0.0944. The van der Waals surface area contributed by atoms with Crippen LogP contribution in [-0.2, 0) is 13.0 Å². The number of aromatic carboxylic acids is 3. The lowest BCUT2D eigenvalue weighted by Crippen LogP contribution is -2.37. The van der Waals surface area contributed by atoms with Crippen LogP contribution in [0.5, 0.6) is 5.75 Å². The largest absolute Gasteiger partial charge is 0.497 e.